The summed E-state index contributed by atoms with van der Waals surface area (Å²) in [4.78, 5) is 1.40. The Morgan fingerprint density at radius 3 is 1.93 bits per heavy atom. The SMILES string of the molecule is CCN(CC(F)(F)F)C(C)(CN)C(C)C. The molecule has 5 heteroatoms. The highest BCUT2D eigenvalue weighted by Crippen LogP contribution is 2.27. The highest BCUT2D eigenvalue weighted by Gasteiger charge is 2.39. The Balaban J connectivity index is 4.77. The van der Waals surface area contributed by atoms with Crippen molar-refractivity contribution in [1.29, 1.82) is 0 Å². The lowest BCUT2D eigenvalue weighted by Crippen LogP contribution is -2.57. The van der Waals surface area contributed by atoms with Crippen LogP contribution in [0, 0.1) is 5.92 Å². The van der Waals surface area contributed by atoms with Gasteiger partial charge in [0, 0.05) is 12.1 Å². The van der Waals surface area contributed by atoms with Gasteiger partial charge in [-0.2, -0.15) is 13.2 Å². The normalized spacial score (nSPS) is 17.2. The van der Waals surface area contributed by atoms with Gasteiger partial charge in [-0.05, 0) is 19.4 Å². The Bertz CT molecular complexity index is 192. The van der Waals surface area contributed by atoms with E-state index in [2.05, 4.69) is 0 Å². The Morgan fingerprint density at radius 1 is 1.27 bits per heavy atom. The molecule has 1 atom stereocenters. The Morgan fingerprint density at radius 2 is 1.73 bits per heavy atom. The van der Waals surface area contributed by atoms with Crippen LogP contribution >= 0.6 is 0 Å². The van der Waals surface area contributed by atoms with E-state index in [4.69, 9.17) is 5.73 Å². The van der Waals surface area contributed by atoms with Crippen molar-refractivity contribution in [2.24, 2.45) is 11.7 Å². The fourth-order valence-corrected chi connectivity index (χ4v) is 1.60. The number of likely N-dealkylation sites (N-methyl/N-ethyl adjacent to an activating group) is 1. The van der Waals surface area contributed by atoms with Gasteiger partial charge >= 0.3 is 6.18 Å². The number of nitrogens with zero attached hydrogens (tertiary/aromatic N) is 1. The highest BCUT2D eigenvalue weighted by atomic mass is 19.4. The van der Waals surface area contributed by atoms with E-state index in [1.807, 2.05) is 13.8 Å². The molecule has 92 valence electrons. The Kier molecular flexibility index (Phi) is 5.06. The van der Waals surface area contributed by atoms with Gasteiger partial charge in [-0.25, -0.2) is 0 Å². The van der Waals surface area contributed by atoms with Gasteiger partial charge in [-0.15, -0.1) is 0 Å². The van der Waals surface area contributed by atoms with E-state index in [-0.39, 0.29) is 12.5 Å². The molecule has 2 N–H and O–H groups in total. The lowest BCUT2D eigenvalue weighted by Gasteiger charge is -2.43. The largest absolute Gasteiger partial charge is 0.401 e. The third-order valence-corrected chi connectivity index (χ3v) is 3.13. The minimum Gasteiger partial charge on any atom is -0.329 e. The van der Waals surface area contributed by atoms with Gasteiger partial charge in [0.15, 0.2) is 0 Å². The van der Waals surface area contributed by atoms with E-state index >= 15 is 0 Å². The van der Waals surface area contributed by atoms with Crippen LogP contribution in [0.3, 0.4) is 0 Å². The molecule has 0 spiro atoms. The summed E-state index contributed by atoms with van der Waals surface area (Å²) in [5.41, 5.74) is 5.00. The lowest BCUT2D eigenvalue weighted by molar-refractivity contribution is -0.160. The van der Waals surface area contributed by atoms with Gasteiger partial charge in [0.25, 0.3) is 0 Å². The van der Waals surface area contributed by atoms with Gasteiger partial charge in [-0.1, -0.05) is 20.8 Å². The fraction of sp³-hybridized carbons (Fsp3) is 1.00. The summed E-state index contributed by atoms with van der Waals surface area (Å²) < 4.78 is 37.0. The third kappa shape index (κ3) is 3.99. The number of alkyl halides is 3. The molecule has 0 aromatic rings. The first-order valence-corrected chi connectivity index (χ1v) is 5.19. The predicted octanol–water partition coefficient (Wildman–Crippen LogP) is 2.24. The van der Waals surface area contributed by atoms with E-state index in [1.54, 1.807) is 13.8 Å². The minimum atomic E-state index is -4.17. The molecule has 2 nitrogen and oxygen atoms in total. The number of rotatable bonds is 5. The molecule has 0 saturated heterocycles. The smallest absolute Gasteiger partial charge is 0.329 e. The van der Waals surface area contributed by atoms with Gasteiger partial charge < -0.3 is 5.73 Å². The number of nitrogens with two attached hydrogens (primary N) is 1. The van der Waals surface area contributed by atoms with Gasteiger partial charge in [-0.3, -0.25) is 4.90 Å². The Labute approximate surface area is 89.6 Å². The van der Waals surface area contributed by atoms with Gasteiger partial charge in [0.2, 0.25) is 0 Å². The molecule has 0 bridgehead atoms. The van der Waals surface area contributed by atoms with Crippen LogP contribution in [-0.2, 0) is 0 Å². The second-order valence-electron chi connectivity index (χ2n) is 4.35. The van der Waals surface area contributed by atoms with E-state index in [9.17, 15) is 13.2 Å². The van der Waals surface area contributed by atoms with Crippen LogP contribution < -0.4 is 5.73 Å². The molecule has 1 unspecified atom stereocenters. The summed E-state index contributed by atoms with van der Waals surface area (Å²) in [5, 5.41) is 0. The van der Waals surface area contributed by atoms with Crippen LogP contribution in [0.1, 0.15) is 27.7 Å². The first-order valence-electron chi connectivity index (χ1n) is 5.19. The molecule has 0 aliphatic heterocycles. The summed E-state index contributed by atoms with van der Waals surface area (Å²) >= 11 is 0. The monoisotopic (exact) mass is 226 g/mol. The summed E-state index contributed by atoms with van der Waals surface area (Å²) in [6, 6.07) is 0. The van der Waals surface area contributed by atoms with Crippen molar-refractivity contribution < 1.29 is 13.2 Å². The van der Waals surface area contributed by atoms with Crippen molar-refractivity contribution in [2.45, 2.75) is 39.4 Å². The van der Waals surface area contributed by atoms with E-state index in [0.29, 0.717) is 6.54 Å². The molecular formula is C10H21F3N2. The zero-order valence-corrected chi connectivity index (χ0v) is 9.86. The molecule has 0 fully saturated rings. The second-order valence-corrected chi connectivity index (χ2v) is 4.35. The molecule has 0 aromatic carbocycles. The van der Waals surface area contributed by atoms with Crippen molar-refractivity contribution >= 4 is 0 Å². The van der Waals surface area contributed by atoms with Gasteiger partial charge in [0.1, 0.15) is 0 Å². The molecule has 0 rings (SSSR count). The topological polar surface area (TPSA) is 29.3 Å². The van der Waals surface area contributed by atoms with Crippen molar-refractivity contribution in [3.05, 3.63) is 0 Å². The van der Waals surface area contributed by atoms with Crippen LogP contribution in [0.2, 0.25) is 0 Å². The number of hydrogen-bond donors (Lipinski definition) is 1. The molecule has 0 radical (unpaired) electrons. The maximum absolute atomic E-state index is 12.3. The van der Waals surface area contributed by atoms with Crippen molar-refractivity contribution in [3.8, 4) is 0 Å². The van der Waals surface area contributed by atoms with Crippen molar-refractivity contribution in [3.63, 3.8) is 0 Å². The van der Waals surface area contributed by atoms with Crippen LogP contribution in [-0.4, -0.2) is 36.2 Å². The predicted molar refractivity (Wildman–Crippen MR) is 55.6 cm³/mol. The molecule has 15 heavy (non-hydrogen) atoms. The summed E-state index contributed by atoms with van der Waals surface area (Å²) in [6.45, 7) is 6.99. The molecule has 0 aromatic heterocycles. The zero-order valence-electron chi connectivity index (χ0n) is 9.86. The van der Waals surface area contributed by atoms with Crippen molar-refractivity contribution in [2.75, 3.05) is 19.6 Å². The van der Waals surface area contributed by atoms with E-state index in [0.717, 1.165) is 0 Å². The number of halogens is 3. The number of hydrogen-bond acceptors (Lipinski definition) is 2. The first-order chi connectivity index (χ1) is 6.67. The fourth-order valence-electron chi connectivity index (χ4n) is 1.60. The van der Waals surface area contributed by atoms with E-state index in [1.165, 1.54) is 4.90 Å². The van der Waals surface area contributed by atoms with Crippen LogP contribution in [0.15, 0.2) is 0 Å². The van der Waals surface area contributed by atoms with Crippen LogP contribution in [0.25, 0.3) is 0 Å². The summed E-state index contributed by atoms with van der Waals surface area (Å²) in [5.74, 6) is 0.0878. The molecule has 0 amide bonds. The highest BCUT2D eigenvalue weighted by molar-refractivity contribution is 4.90. The van der Waals surface area contributed by atoms with E-state index < -0.39 is 18.3 Å². The van der Waals surface area contributed by atoms with Crippen molar-refractivity contribution in [1.82, 2.24) is 4.90 Å². The molecular weight excluding hydrogens is 205 g/mol. The standard InChI is InChI=1S/C10H21F3N2/c1-5-15(7-10(11,12)13)9(4,6-14)8(2)3/h8H,5-7,14H2,1-4H3. The second kappa shape index (κ2) is 5.16. The van der Waals surface area contributed by atoms with Crippen LogP contribution in [0.5, 0.6) is 0 Å². The minimum absolute atomic E-state index is 0.0878. The molecule has 0 aliphatic rings. The molecule has 0 aliphatic carbocycles. The summed E-state index contributed by atoms with van der Waals surface area (Å²) in [7, 11) is 0. The first kappa shape index (κ1) is 14.7. The average molecular weight is 226 g/mol. The van der Waals surface area contributed by atoms with Crippen LogP contribution in [0.4, 0.5) is 13.2 Å². The zero-order chi connectivity index (χ0) is 12.3. The summed E-state index contributed by atoms with van der Waals surface area (Å²) in [6.07, 6.45) is -4.17. The molecule has 0 saturated carbocycles. The molecule has 0 heterocycles. The average Bonchev–Trinajstić information content (AvgIpc) is 2.11. The van der Waals surface area contributed by atoms with Gasteiger partial charge in [0.05, 0.1) is 6.54 Å². The quantitative estimate of drug-likeness (QED) is 0.779. The Hall–Kier alpha value is -0.290. The third-order valence-electron chi connectivity index (χ3n) is 3.13. The lowest BCUT2D eigenvalue weighted by atomic mass is 9.86. The maximum atomic E-state index is 12.3. The maximum Gasteiger partial charge on any atom is 0.401 e.